The Labute approximate surface area is 161 Å². The van der Waals surface area contributed by atoms with E-state index < -0.39 is 18.5 Å². The molecule has 0 aliphatic heterocycles. The predicted octanol–water partition coefficient (Wildman–Crippen LogP) is 3.38. The van der Waals surface area contributed by atoms with Gasteiger partial charge in [-0.2, -0.15) is 0 Å². The molecule has 1 atom stereocenters. The molecule has 0 aliphatic carbocycles. The quantitative estimate of drug-likeness (QED) is 0.546. The van der Waals surface area contributed by atoms with Crippen molar-refractivity contribution in [2.24, 2.45) is 0 Å². The molecule has 0 bridgehead atoms. The Kier molecular flexibility index (Phi) is 7.31. The van der Waals surface area contributed by atoms with E-state index in [-0.39, 0.29) is 6.04 Å². The Morgan fingerprint density at radius 2 is 2.07 bits per heavy atom. The van der Waals surface area contributed by atoms with E-state index in [4.69, 9.17) is 30.2 Å². The number of rotatable bonds is 8. The maximum atomic E-state index is 11.8. The van der Waals surface area contributed by atoms with Crippen molar-refractivity contribution in [3.63, 3.8) is 0 Å². The minimum Gasteiger partial charge on any atom is -0.493 e. The zero-order valence-corrected chi connectivity index (χ0v) is 15.9. The standard InChI is InChI=1S/C19H20ClNO6/c1-12(15-5-4-8-26-15)21-17(22)11-27-18(23)7-6-13-9-14(20)19(25-3)16(10-13)24-2/h4-10,12H,11H2,1-3H3,(H,21,22)/b7-6+/t12-/m1/s1. The summed E-state index contributed by atoms with van der Waals surface area (Å²) < 4.78 is 20.4. The summed E-state index contributed by atoms with van der Waals surface area (Å²) in [5.74, 6) is 0.349. The van der Waals surface area contributed by atoms with Crippen LogP contribution in [0.2, 0.25) is 5.02 Å². The zero-order chi connectivity index (χ0) is 19.8. The molecule has 2 rings (SSSR count). The van der Waals surface area contributed by atoms with Crippen LogP contribution in [0, 0.1) is 0 Å². The minimum atomic E-state index is -0.665. The molecule has 1 N–H and O–H groups in total. The fourth-order valence-corrected chi connectivity index (χ4v) is 2.57. The number of ether oxygens (including phenoxy) is 3. The highest BCUT2D eigenvalue weighted by atomic mass is 35.5. The molecule has 0 unspecified atom stereocenters. The molecule has 0 fully saturated rings. The Bertz CT molecular complexity index is 816. The molecule has 1 aromatic carbocycles. The summed E-state index contributed by atoms with van der Waals surface area (Å²) in [4.78, 5) is 23.6. The summed E-state index contributed by atoms with van der Waals surface area (Å²) in [6.07, 6.45) is 4.21. The normalized spacial score (nSPS) is 11.9. The van der Waals surface area contributed by atoms with E-state index in [2.05, 4.69) is 5.32 Å². The van der Waals surface area contributed by atoms with Crippen molar-refractivity contribution < 1.29 is 28.2 Å². The Morgan fingerprint density at radius 3 is 2.70 bits per heavy atom. The number of furan rings is 1. The third-order valence-corrected chi connectivity index (χ3v) is 3.84. The summed E-state index contributed by atoms with van der Waals surface area (Å²) in [5.41, 5.74) is 0.616. The average Bonchev–Trinajstić information content (AvgIpc) is 3.19. The summed E-state index contributed by atoms with van der Waals surface area (Å²) >= 11 is 6.11. The molecule has 1 aromatic heterocycles. The van der Waals surface area contributed by atoms with Gasteiger partial charge in [0, 0.05) is 6.08 Å². The first-order valence-electron chi connectivity index (χ1n) is 8.03. The number of methoxy groups -OCH3 is 2. The lowest BCUT2D eigenvalue weighted by Crippen LogP contribution is -2.30. The van der Waals surface area contributed by atoms with Crippen molar-refractivity contribution in [1.29, 1.82) is 0 Å². The largest absolute Gasteiger partial charge is 0.493 e. The van der Waals surface area contributed by atoms with Gasteiger partial charge in [-0.25, -0.2) is 4.79 Å². The van der Waals surface area contributed by atoms with Gasteiger partial charge in [-0.1, -0.05) is 11.6 Å². The molecule has 0 aliphatic rings. The van der Waals surface area contributed by atoms with Crippen LogP contribution in [0.1, 0.15) is 24.3 Å². The van der Waals surface area contributed by atoms with Crippen molar-refractivity contribution in [3.8, 4) is 11.5 Å². The molecule has 0 radical (unpaired) electrons. The van der Waals surface area contributed by atoms with Gasteiger partial charge in [0.2, 0.25) is 0 Å². The molecular formula is C19H20ClNO6. The van der Waals surface area contributed by atoms with Crippen LogP contribution in [0.3, 0.4) is 0 Å². The number of amides is 1. The van der Waals surface area contributed by atoms with Gasteiger partial charge in [-0.3, -0.25) is 4.79 Å². The van der Waals surface area contributed by atoms with Crippen molar-refractivity contribution in [1.82, 2.24) is 5.32 Å². The summed E-state index contributed by atoms with van der Waals surface area (Å²) in [6.45, 7) is 1.36. The second-order valence-electron chi connectivity index (χ2n) is 5.48. The number of nitrogens with one attached hydrogen (secondary N) is 1. The average molecular weight is 394 g/mol. The van der Waals surface area contributed by atoms with Gasteiger partial charge < -0.3 is 23.9 Å². The highest BCUT2D eigenvalue weighted by Gasteiger charge is 2.13. The highest BCUT2D eigenvalue weighted by molar-refractivity contribution is 6.32. The monoisotopic (exact) mass is 393 g/mol. The van der Waals surface area contributed by atoms with Crippen LogP contribution >= 0.6 is 11.6 Å². The fraction of sp³-hybridized carbons (Fsp3) is 0.263. The van der Waals surface area contributed by atoms with Crippen LogP contribution in [0.5, 0.6) is 11.5 Å². The first-order valence-corrected chi connectivity index (χ1v) is 8.41. The van der Waals surface area contributed by atoms with E-state index in [1.165, 1.54) is 32.6 Å². The lowest BCUT2D eigenvalue weighted by atomic mass is 10.2. The van der Waals surface area contributed by atoms with Gasteiger partial charge in [-0.15, -0.1) is 0 Å². The first-order chi connectivity index (χ1) is 12.9. The Morgan fingerprint density at radius 1 is 1.30 bits per heavy atom. The topological polar surface area (TPSA) is 87.0 Å². The molecule has 7 nitrogen and oxygen atoms in total. The molecular weight excluding hydrogens is 374 g/mol. The van der Waals surface area contributed by atoms with Gasteiger partial charge in [0.15, 0.2) is 18.1 Å². The third kappa shape index (κ3) is 5.79. The second-order valence-corrected chi connectivity index (χ2v) is 5.89. The predicted molar refractivity (Wildman–Crippen MR) is 99.8 cm³/mol. The van der Waals surface area contributed by atoms with E-state index in [1.807, 2.05) is 0 Å². The zero-order valence-electron chi connectivity index (χ0n) is 15.2. The van der Waals surface area contributed by atoms with E-state index >= 15 is 0 Å². The molecule has 1 heterocycles. The third-order valence-electron chi connectivity index (χ3n) is 3.56. The Balaban J connectivity index is 1.88. The molecule has 0 saturated carbocycles. The lowest BCUT2D eigenvalue weighted by molar-refractivity contribution is -0.144. The molecule has 27 heavy (non-hydrogen) atoms. The SMILES string of the molecule is COc1cc(/C=C/C(=O)OCC(=O)N[C@H](C)c2ccco2)cc(Cl)c1OC. The molecule has 144 valence electrons. The van der Waals surface area contributed by atoms with E-state index in [0.717, 1.165) is 0 Å². The van der Waals surface area contributed by atoms with Gasteiger partial charge in [0.05, 0.1) is 31.5 Å². The van der Waals surface area contributed by atoms with Crippen molar-refractivity contribution >= 4 is 29.6 Å². The first kappa shape index (κ1) is 20.4. The van der Waals surface area contributed by atoms with Gasteiger partial charge in [-0.05, 0) is 42.8 Å². The number of halogens is 1. The second kappa shape index (κ2) is 9.68. The van der Waals surface area contributed by atoms with E-state index in [9.17, 15) is 9.59 Å². The van der Waals surface area contributed by atoms with Gasteiger partial charge in [0.25, 0.3) is 5.91 Å². The lowest BCUT2D eigenvalue weighted by Gasteiger charge is -2.11. The van der Waals surface area contributed by atoms with E-state index in [0.29, 0.717) is 27.8 Å². The summed E-state index contributed by atoms with van der Waals surface area (Å²) in [5, 5.41) is 3.01. The van der Waals surface area contributed by atoms with E-state index in [1.54, 1.807) is 31.2 Å². The fourth-order valence-electron chi connectivity index (χ4n) is 2.28. The van der Waals surface area contributed by atoms with Crippen LogP contribution in [-0.4, -0.2) is 32.7 Å². The van der Waals surface area contributed by atoms with Crippen molar-refractivity contribution in [2.75, 3.05) is 20.8 Å². The number of benzene rings is 1. The summed E-state index contributed by atoms with van der Waals surface area (Å²) in [6, 6.07) is 6.42. The number of hydrogen-bond donors (Lipinski definition) is 1. The van der Waals surface area contributed by atoms with Crippen LogP contribution in [-0.2, 0) is 14.3 Å². The smallest absolute Gasteiger partial charge is 0.331 e. The number of carbonyl (C=O) groups excluding carboxylic acids is 2. The maximum Gasteiger partial charge on any atom is 0.331 e. The minimum absolute atomic E-state index is 0.323. The van der Waals surface area contributed by atoms with Gasteiger partial charge in [0.1, 0.15) is 5.76 Å². The van der Waals surface area contributed by atoms with Crippen LogP contribution < -0.4 is 14.8 Å². The van der Waals surface area contributed by atoms with Crippen molar-refractivity contribution in [2.45, 2.75) is 13.0 Å². The van der Waals surface area contributed by atoms with Gasteiger partial charge >= 0.3 is 5.97 Å². The van der Waals surface area contributed by atoms with Crippen molar-refractivity contribution in [3.05, 3.63) is 53.0 Å². The van der Waals surface area contributed by atoms with Crippen LogP contribution in [0.15, 0.2) is 41.0 Å². The van der Waals surface area contributed by atoms with Crippen LogP contribution in [0.25, 0.3) is 6.08 Å². The number of carbonyl (C=O) groups is 2. The highest BCUT2D eigenvalue weighted by Crippen LogP contribution is 2.36. The number of esters is 1. The molecule has 0 saturated heterocycles. The summed E-state index contributed by atoms with van der Waals surface area (Å²) in [7, 11) is 2.96. The number of hydrogen-bond acceptors (Lipinski definition) is 6. The Hall–Kier alpha value is -2.93. The van der Waals surface area contributed by atoms with Crippen LogP contribution in [0.4, 0.5) is 0 Å². The molecule has 2 aromatic rings. The molecule has 8 heteroatoms. The maximum absolute atomic E-state index is 11.8. The molecule has 0 spiro atoms. The molecule has 1 amide bonds.